The molecular formula is C15H18N2O. The summed E-state index contributed by atoms with van der Waals surface area (Å²) in [5.74, 6) is 0.522. The van der Waals surface area contributed by atoms with Crippen LogP contribution in [0.3, 0.4) is 0 Å². The van der Waals surface area contributed by atoms with Crippen molar-refractivity contribution in [3.05, 3.63) is 59.7 Å². The van der Waals surface area contributed by atoms with E-state index < -0.39 is 6.10 Å². The summed E-state index contributed by atoms with van der Waals surface area (Å²) in [6, 6.07) is 10.3. The average molecular weight is 242 g/mol. The van der Waals surface area contributed by atoms with Crippen LogP contribution in [0.4, 0.5) is 0 Å². The van der Waals surface area contributed by atoms with Crippen LogP contribution < -0.4 is 0 Å². The van der Waals surface area contributed by atoms with Gasteiger partial charge >= 0.3 is 0 Å². The molecule has 0 aliphatic rings. The summed E-state index contributed by atoms with van der Waals surface area (Å²) in [5.41, 5.74) is 2.31. The van der Waals surface area contributed by atoms with Gasteiger partial charge in [0.15, 0.2) is 5.82 Å². The van der Waals surface area contributed by atoms with Crippen molar-refractivity contribution in [3.63, 3.8) is 0 Å². The molecule has 0 spiro atoms. The SMILES string of the molecule is Cc1cnc(C(O)CCCc2ccccc2)nc1. The highest BCUT2D eigenvalue weighted by molar-refractivity contribution is 5.14. The normalized spacial score (nSPS) is 12.3. The monoisotopic (exact) mass is 242 g/mol. The molecule has 3 nitrogen and oxygen atoms in total. The molecule has 0 amide bonds. The smallest absolute Gasteiger partial charge is 0.156 e. The van der Waals surface area contributed by atoms with Gasteiger partial charge in [0, 0.05) is 12.4 Å². The topological polar surface area (TPSA) is 46.0 Å². The van der Waals surface area contributed by atoms with Crippen molar-refractivity contribution in [2.45, 2.75) is 32.3 Å². The number of benzene rings is 1. The van der Waals surface area contributed by atoms with Crippen LogP contribution in [0.15, 0.2) is 42.7 Å². The Labute approximate surface area is 108 Å². The van der Waals surface area contributed by atoms with Crippen LogP contribution in [0.1, 0.15) is 35.9 Å². The minimum Gasteiger partial charge on any atom is -0.385 e. The molecule has 1 N–H and O–H groups in total. The lowest BCUT2D eigenvalue weighted by molar-refractivity contribution is 0.155. The summed E-state index contributed by atoms with van der Waals surface area (Å²) in [6.45, 7) is 1.94. The van der Waals surface area contributed by atoms with E-state index >= 15 is 0 Å². The summed E-state index contributed by atoms with van der Waals surface area (Å²) >= 11 is 0. The van der Waals surface area contributed by atoms with Crippen LogP contribution >= 0.6 is 0 Å². The molecule has 18 heavy (non-hydrogen) atoms. The fraction of sp³-hybridized carbons (Fsp3) is 0.333. The van der Waals surface area contributed by atoms with Gasteiger partial charge < -0.3 is 5.11 Å². The summed E-state index contributed by atoms with van der Waals surface area (Å²) in [6.07, 6.45) is 5.52. The number of rotatable bonds is 5. The molecule has 0 radical (unpaired) electrons. The van der Waals surface area contributed by atoms with Crippen LogP contribution in [0.2, 0.25) is 0 Å². The Morgan fingerprint density at radius 2 is 1.78 bits per heavy atom. The van der Waals surface area contributed by atoms with Gasteiger partial charge in [-0.2, -0.15) is 0 Å². The molecule has 0 saturated heterocycles. The lowest BCUT2D eigenvalue weighted by atomic mass is 10.1. The second-order valence-corrected chi connectivity index (χ2v) is 4.51. The van der Waals surface area contributed by atoms with Gasteiger partial charge in [-0.05, 0) is 37.3 Å². The van der Waals surface area contributed by atoms with E-state index in [9.17, 15) is 5.11 Å². The Balaban J connectivity index is 1.81. The lowest BCUT2D eigenvalue weighted by Gasteiger charge is -2.09. The van der Waals surface area contributed by atoms with Gasteiger partial charge in [-0.1, -0.05) is 30.3 Å². The summed E-state index contributed by atoms with van der Waals surface area (Å²) in [5, 5.41) is 9.96. The van der Waals surface area contributed by atoms with Gasteiger partial charge in [0.1, 0.15) is 6.10 Å². The van der Waals surface area contributed by atoms with Crippen LogP contribution in [0.25, 0.3) is 0 Å². The van der Waals surface area contributed by atoms with Crippen LogP contribution in [0.5, 0.6) is 0 Å². The molecule has 0 saturated carbocycles. The van der Waals surface area contributed by atoms with Crippen molar-refractivity contribution in [1.82, 2.24) is 9.97 Å². The molecular weight excluding hydrogens is 224 g/mol. The maximum absolute atomic E-state index is 9.96. The predicted molar refractivity (Wildman–Crippen MR) is 71.1 cm³/mol. The average Bonchev–Trinajstić information content (AvgIpc) is 2.40. The van der Waals surface area contributed by atoms with Gasteiger partial charge in [0.25, 0.3) is 0 Å². The quantitative estimate of drug-likeness (QED) is 0.877. The van der Waals surface area contributed by atoms with E-state index in [0.29, 0.717) is 12.2 Å². The van der Waals surface area contributed by atoms with Gasteiger partial charge in [0.2, 0.25) is 0 Å². The second-order valence-electron chi connectivity index (χ2n) is 4.51. The van der Waals surface area contributed by atoms with Crippen molar-refractivity contribution >= 4 is 0 Å². The van der Waals surface area contributed by atoms with E-state index in [4.69, 9.17) is 0 Å². The zero-order valence-electron chi connectivity index (χ0n) is 10.6. The van der Waals surface area contributed by atoms with Crippen molar-refractivity contribution in [2.24, 2.45) is 0 Å². The van der Waals surface area contributed by atoms with Gasteiger partial charge in [0.05, 0.1) is 0 Å². The lowest BCUT2D eigenvalue weighted by Crippen LogP contribution is -2.04. The third-order valence-corrected chi connectivity index (χ3v) is 2.88. The van der Waals surface area contributed by atoms with Gasteiger partial charge in [-0.3, -0.25) is 0 Å². The van der Waals surface area contributed by atoms with Gasteiger partial charge in [-0.25, -0.2) is 9.97 Å². The standard InChI is InChI=1S/C15H18N2O/c1-12-10-16-15(17-11-12)14(18)9-5-8-13-6-3-2-4-7-13/h2-4,6-7,10-11,14,18H,5,8-9H2,1H3. The third-order valence-electron chi connectivity index (χ3n) is 2.88. The number of hydrogen-bond acceptors (Lipinski definition) is 3. The Hall–Kier alpha value is -1.74. The highest BCUT2D eigenvalue weighted by atomic mass is 16.3. The zero-order chi connectivity index (χ0) is 12.8. The molecule has 2 rings (SSSR count). The molecule has 0 fully saturated rings. The third kappa shape index (κ3) is 3.64. The molecule has 2 aromatic rings. The first kappa shape index (κ1) is 12.7. The fourth-order valence-corrected chi connectivity index (χ4v) is 1.85. The molecule has 1 unspecified atom stereocenters. The summed E-state index contributed by atoms with van der Waals surface area (Å²) in [7, 11) is 0. The molecule has 0 aliphatic heterocycles. The minimum atomic E-state index is -0.561. The number of aromatic nitrogens is 2. The molecule has 94 valence electrons. The second kappa shape index (κ2) is 6.26. The minimum absolute atomic E-state index is 0.522. The Morgan fingerprint density at radius 3 is 2.44 bits per heavy atom. The van der Waals surface area contributed by atoms with Crippen LogP contribution in [-0.4, -0.2) is 15.1 Å². The maximum Gasteiger partial charge on any atom is 0.156 e. The summed E-state index contributed by atoms with van der Waals surface area (Å²) in [4.78, 5) is 8.29. The molecule has 0 aliphatic carbocycles. The molecule has 1 aromatic heterocycles. The van der Waals surface area contributed by atoms with E-state index in [1.807, 2.05) is 25.1 Å². The van der Waals surface area contributed by atoms with E-state index in [1.165, 1.54) is 5.56 Å². The van der Waals surface area contributed by atoms with E-state index in [1.54, 1.807) is 12.4 Å². The summed E-state index contributed by atoms with van der Waals surface area (Å²) < 4.78 is 0. The highest BCUT2D eigenvalue weighted by Crippen LogP contribution is 2.15. The predicted octanol–water partition coefficient (Wildman–Crippen LogP) is 2.84. The van der Waals surface area contributed by atoms with E-state index in [0.717, 1.165) is 18.4 Å². The first-order chi connectivity index (χ1) is 8.75. The molecule has 3 heteroatoms. The molecule has 1 atom stereocenters. The number of aliphatic hydroxyl groups is 1. The van der Waals surface area contributed by atoms with Crippen LogP contribution in [0, 0.1) is 6.92 Å². The first-order valence-corrected chi connectivity index (χ1v) is 6.26. The number of hydrogen-bond donors (Lipinski definition) is 1. The van der Waals surface area contributed by atoms with Crippen molar-refractivity contribution in [1.29, 1.82) is 0 Å². The highest BCUT2D eigenvalue weighted by Gasteiger charge is 2.09. The Morgan fingerprint density at radius 1 is 1.11 bits per heavy atom. The Bertz CT molecular complexity index is 468. The van der Waals surface area contributed by atoms with Crippen molar-refractivity contribution in [3.8, 4) is 0 Å². The number of nitrogens with zero attached hydrogens (tertiary/aromatic N) is 2. The molecule has 0 bridgehead atoms. The largest absolute Gasteiger partial charge is 0.385 e. The Kier molecular flexibility index (Phi) is 4.42. The van der Waals surface area contributed by atoms with Crippen molar-refractivity contribution < 1.29 is 5.11 Å². The first-order valence-electron chi connectivity index (χ1n) is 6.26. The number of aliphatic hydroxyl groups excluding tert-OH is 1. The van der Waals surface area contributed by atoms with Crippen LogP contribution in [-0.2, 0) is 6.42 Å². The van der Waals surface area contributed by atoms with E-state index in [-0.39, 0.29) is 0 Å². The molecule has 1 heterocycles. The van der Waals surface area contributed by atoms with E-state index in [2.05, 4.69) is 22.1 Å². The number of aryl methyl sites for hydroxylation is 2. The maximum atomic E-state index is 9.96. The fourth-order valence-electron chi connectivity index (χ4n) is 1.85. The van der Waals surface area contributed by atoms with Gasteiger partial charge in [-0.15, -0.1) is 0 Å². The zero-order valence-corrected chi connectivity index (χ0v) is 10.6. The molecule has 1 aromatic carbocycles. The van der Waals surface area contributed by atoms with Crippen molar-refractivity contribution in [2.75, 3.05) is 0 Å².